The molecule has 0 spiro atoms. The van der Waals surface area contributed by atoms with Crippen LogP contribution in [0.4, 0.5) is 0 Å². The Morgan fingerprint density at radius 3 is 2.75 bits per heavy atom. The van der Waals surface area contributed by atoms with E-state index in [1.165, 1.54) is 10.9 Å². The number of benzene rings is 1. The molecule has 2 nitrogen and oxygen atoms in total. The molecule has 0 aliphatic carbocycles. The van der Waals surface area contributed by atoms with Crippen LogP contribution < -0.4 is 0 Å². The van der Waals surface area contributed by atoms with Crippen LogP contribution in [0.1, 0.15) is 12.0 Å². The van der Waals surface area contributed by atoms with Crippen molar-refractivity contribution in [3.05, 3.63) is 36.1 Å². The first-order valence-corrected chi connectivity index (χ1v) is 6.14. The maximum absolute atomic E-state index is 5.60. The molecule has 0 N–H and O–H groups in total. The summed E-state index contributed by atoms with van der Waals surface area (Å²) in [5, 5.41) is 1.22. The summed E-state index contributed by atoms with van der Waals surface area (Å²) >= 11 is 4.34. The molecular weight excluding hydrogens is 220 g/mol. The summed E-state index contributed by atoms with van der Waals surface area (Å²) in [5.41, 5.74) is 2.38. The Bertz CT molecular complexity index is 499. The van der Waals surface area contributed by atoms with Crippen LogP contribution in [-0.4, -0.2) is 19.0 Å². The predicted octanol–water partition coefficient (Wildman–Crippen LogP) is 3.02. The van der Waals surface area contributed by atoms with Gasteiger partial charge in [-0.25, -0.2) is 0 Å². The number of rotatable bonds is 3. The van der Waals surface area contributed by atoms with Crippen molar-refractivity contribution in [2.75, 3.05) is 19.0 Å². The van der Waals surface area contributed by atoms with Gasteiger partial charge in [-0.1, -0.05) is 18.2 Å². The zero-order valence-corrected chi connectivity index (χ0v) is 9.87. The summed E-state index contributed by atoms with van der Waals surface area (Å²) in [4.78, 5) is 0. The van der Waals surface area contributed by atoms with Gasteiger partial charge in [0.15, 0.2) is 0 Å². The highest BCUT2D eigenvalue weighted by molar-refractivity contribution is 7.80. The largest absolute Gasteiger partial charge is 0.464 e. The molecule has 84 valence electrons. The smallest absolute Gasteiger partial charge is 0.134 e. The van der Waals surface area contributed by atoms with E-state index in [9.17, 15) is 0 Å². The third-order valence-electron chi connectivity index (χ3n) is 3.40. The molecule has 0 amide bonds. The van der Waals surface area contributed by atoms with Crippen molar-refractivity contribution in [3.63, 3.8) is 0 Å². The summed E-state index contributed by atoms with van der Waals surface area (Å²) in [6.07, 6.45) is 2.93. The van der Waals surface area contributed by atoms with E-state index >= 15 is 0 Å². The van der Waals surface area contributed by atoms with Gasteiger partial charge in [0.2, 0.25) is 0 Å². The van der Waals surface area contributed by atoms with Gasteiger partial charge in [0.05, 0.1) is 19.5 Å². The fourth-order valence-corrected chi connectivity index (χ4v) is 2.81. The average Bonchev–Trinajstić information content (AvgIpc) is 2.68. The Morgan fingerprint density at radius 1 is 1.25 bits per heavy atom. The average molecular weight is 234 g/mol. The van der Waals surface area contributed by atoms with Crippen molar-refractivity contribution in [3.8, 4) is 0 Å². The number of para-hydroxylation sites is 1. The molecule has 0 saturated carbocycles. The molecule has 1 fully saturated rings. The highest BCUT2D eigenvalue weighted by Crippen LogP contribution is 2.40. The lowest BCUT2D eigenvalue weighted by molar-refractivity contribution is -0.0609. The van der Waals surface area contributed by atoms with Crippen LogP contribution in [0.2, 0.25) is 0 Å². The van der Waals surface area contributed by atoms with Crippen molar-refractivity contribution < 1.29 is 9.15 Å². The summed E-state index contributed by atoms with van der Waals surface area (Å²) < 4.78 is 11.0. The van der Waals surface area contributed by atoms with Gasteiger partial charge < -0.3 is 9.15 Å². The Labute approximate surface area is 100.0 Å². The second kappa shape index (κ2) is 3.82. The predicted molar refractivity (Wildman–Crippen MR) is 67.2 cm³/mol. The molecule has 1 aliphatic heterocycles. The minimum absolute atomic E-state index is 0.133. The van der Waals surface area contributed by atoms with E-state index in [1.807, 2.05) is 18.4 Å². The molecule has 0 bridgehead atoms. The van der Waals surface area contributed by atoms with Crippen molar-refractivity contribution in [1.29, 1.82) is 0 Å². The molecule has 2 heterocycles. The molecule has 16 heavy (non-hydrogen) atoms. The molecule has 0 radical (unpaired) electrons. The molecule has 3 heteroatoms. The van der Waals surface area contributed by atoms with Crippen molar-refractivity contribution in [1.82, 2.24) is 0 Å². The van der Waals surface area contributed by atoms with E-state index < -0.39 is 0 Å². The zero-order valence-electron chi connectivity index (χ0n) is 8.98. The number of thiol groups is 1. The minimum Gasteiger partial charge on any atom is -0.464 e. The number of ether oxygens (including phenoxy) is 1. The van der Waals surface area contributed by atoms with Gasteiger partial charge in [0, 0.05) is 16.4 Å². The minimum atomic E-state index is 0.133. The van der Waals surface area contributed by atoms with E-state index in [0.29, 0.717) is 0 Å². The van der Waals surface area contributed by atoms with Crippen molar-refractivity contribution >= 4 is 23.6 Å². The van der Waals surface area contributed by atoms with E-state index in [2.05, 4.69) is 24.8 Å². The standard InChI is InChI=1S/C13H14O2S/c16-6-5-13(8-14-9-13)11-7-15-12-4-2-1-3-10(11)12/h1-4,7,16H,5-6,8-9H2. The maximum Gasteiger partial charge on any atom is 0.134 e. The van der Waals surface area contributed by atoms with E-state index in [-0.39, 0.29) is 5.41 Å². The van der Waals surface area contributed by atoms with Crippen LogP contribution in [0.25, 0.3) is 11.0 Å². The first-order chi connectivity index (χ1) is 7.86. The number of hydrogen-bond donors (Lipinski definition) is 1. The molecule has 1 aliphatic rings. The summed E-state index contributed by atoms with van der Waals surface area (Å²) in [6, 6.07) is 8.17. The third-order valence-corrected chi connectivity index (χ3v) is 3.62. The Hall–Kier alpha value is -0.930. The van der Waals surface area contributed by atoms with Crippen molar-refractivity contribution in [2.45, 2.75) is 11.8 Å². The Kier molecular flexibility index (Phi) is 2.45. The fourth-order valence-electron chi connectivity index (χ4n) is 2.39. The third kappa shape index (κ3) is 1.39. The quantitative estimate of drug-likeness (QED) is 0.825. The molecule has 1 aromatic carbocycles. The molecular formula is C13H14O2S. The van der Waals surface area contributed by atoms with E-state index in [1.54, 1.807) is 0 Å². The molecule has 3 rings (SSSR count). The molecule has 2 aromatic rings. The molecule has 0 atom stereocenters. The van der Waals surface area contributed by atoms with Crippen LogP contribution in [0, 0.1) is 0 Å². The molecule has 0 unspecified atom stereocenters. The topological polar surface area (TPSA) is 22.4 Å². The lowest BCUT2D eigenvalue weighted by Crippen LogP contribution is -2.46. The van der Waals surface area contributed by atoms with Gasteiger partial charge in [0.25, 0.3) is 0 Å². The van der Waals surface area contributed by atoms with Gasteiger partial charge in [0.1, 0.15) is 5.58 Å². The lowest BCUT2D eigenvalue weighted by Gasteiger charge is -2.41. The van der Waals surface area contributed by atoms with Crippen LogP contribution in [-0.2, 0) is 10.2 Å². The second-order valence-corrected chi connectivity index (χ2v) is 4.84. The normalized spacial score (nSPS) is 18.6. The van der Waals surface area contributed by atoms with Crippen LogP contribution in [0.15, 0.2) is 34.9 Å². The lowest BCUT2D eigenvalue weighted by atomic mass is 9.76. The van der Waals surface area contributed by atoms with Crippen LogP contribution in [0.3, 0.4) is 0 Å². The van der Waals surface area contributed by atoms with Gasteiger partial charge in [-0.05, 0) is 18.2 Å². The first kappa shape index (κ1) is 10.2. The van der Waals surface area contributed by atoms with Gasteiger partial charge in [-0.3, -0.25) is 0 Å². The van der Waals surface area contributed by atoms with E-state index in [0.717, 1.165) is 31.0 Å². The Balaban J connectivity index is 2.10. The van der Waals surface area contributed by atoms with Gasteiger partial charge in [-0.2, -0.15) is 12.6 Å². The summed E-state index contributed by atoms with van der Waals surface area (Å²) in [6.45, 7) is 1.58. The highest BCUT2D eigenvalue weighted by atomic mass is 32.1. The highest BCUT2D eigenvalue weighted by Gasteiger charge is 2.41. The van der Waals surface area contributed by atoms with Crippen LogP contribution in [0.5, 0.6) is 0 Å². The Morgan fingerprint density at radius 2 is 2.06 bits per heavy atom. The zero-order chi connectivity index (χ0) is 11.0. The van der Waals surface area contributed by atoms with Gasteiger partial charge in [-0.15, -0.1) is 0 Å². The maximum atomic E-state index is 5.60. The number of fused-ring (bicyclic) bond motifs is 1. The second-order valence-electron chi connectivity index (χ2n) is 4.39. The monoisotopic (exact) mass is 234 g/mol. The molecule has 1 aromatic heterocycles. The summed E-state index contributed by atoms with van der Waals surface area (Å²) in [7, 11) is 0. The number of hydrogen-bond acceptors (Lipinski definition) is 3. The SMILES string of the molecule is SCCC1(c2coc3ccccc23)COC1. The molecule has 1 saturated heterocycles. The van der Waals surface area contributed by atoms with Crippen LogP contribution >= 0.6 is 12.6 Å². The van der Waals surface area contributed by atoms with Gasteiger partial charge >= 0.3 is 0 Å². The summed E-state index contributed by atoms with van der Waals surface area (Å²) in [5.74, 6) is 0.878. The van der Waals surface area contributed by atoms with Crippen molar-refractivity contribution in [2.24, 2.45) is 0 Å². The fraction of sp³-hybridized carbons (Fsp3) is 0.385. The van der Waals surface area contributed by atoms with E-state index in [4.69, 9.17) is 9.15 Å². The number of furan rings is 1. The first-order valence-electron chi connectivity index (χ1n) is 5.51.